The van der Waals surface area contributed by atoms with Gasteiger partial charge in [0.2, 0.25) is 5.91 Å². The number of carbonyl (C=O) groups is 3. The minimum atomic E-state index is -0.476. The van der Waals surface area contributed by atoms with Crippen LogP contribution in [0.4, 0.5) is 4.79 Å². The van der Waals surface area contributed by atoms with Crippen molar-refractivity contribution in [2.24, 2.45) is 0 Å². The van der Waals surface area contributed by atoms with E-state index in [1.165, 1.54) is 0 Å². The normalized spacial score (nSPS) is 16.9. The zero-order valence-corrected chi connectivity index (χ0v) is 21.9. The fraction of sp³-hybridized carbons (Fsp3) is 0.276. The van der Waals surface area contributed by atoms with Crippen molar-refractivity contribution in [1.29, 1.82) is 0 Å². The van der Waals surface area contributed by atoms with Crippen molar-refractivity contribution in [2.75, 3.05) is 39.5 Å². The van der Waals surface area contributed by atoms with Gasteiger partial charge in [0.25, 0.3) is 11.1 Å². The van der Waals surface area contributed by atoms with Crippen LogP contribution >= 0.6 is 11.8 Å². The summed E-state index contributed by atoms with van der Waals surface area (Å²) < 4.78 is 17.2. The molecular formula is C29H28N2O6S. The van der Waals surface area contributed by atoms with E-state index in [2.05, 4.69) is 18.2 Å². The van der Waals surface area contributed by atoms with Crippen LogP contribution in [-0.2, 0) is 20.9 Å². The van der Waals surface area contributed by atoms with Crippen LogP contribution in [0.2, 0.25) is 0 Å². The summed E-state index contributed by atoms with van der Waals surface area (Å²) in [7, 11) is 0. The van der Waals surface area contributed by atoms with Crippen LogP contribution in [0.25, 0.3) is 16.8 Å². The van der Waals surface area contributed by atoms with E-state index in [0.29, 0.717) is 56.6 Å². The zero-order chi connectivity index (χ0) is 26.5. The zero-order valence-electron chi connectivity index (χ0n) is 21.1. The molecule has 196 valence electrons. The second-order valence-corrected chi connectivity index (χ2v) is 9.82. The molecule has 3 amide bonds. The molecule has 38 heavy (non-hydrogen) atoms. The van der Waals surface area contributed by atoms with Crippen molar-refractivity contribution in [3.63, 3.8) is 0 Å². The minimum Gasteiger partial charge on any atom is -0.490 e. The number of fused-ring (bicyclic) bond motifs is 1. The molecule has 5 rings (SSSR count). The minimum absolute atomic E-state index is 0.261. The van der Waals surface area contributed by atoms with Crippen molar-refractivity contribution in [2.45, 2.75) is 13.5 Å². The Balaban J connectivity index is 1.30. The molecule has 2 heterocycles. The summed E-state index contributed by atoms with van der Waals surface area (Å²) in [5.41, 5.74) is 1.76. The van der Waals surface area contributed by atoms with Gasteiger partial charge in [0.1, 0.15) is 13.2 Å². The van der Waals surface area contributed by atoms with E-state index >= 15 is 0 Å². The number of benzene rings is 3. The Hall–Kier alpha value is -3.82. The molecule has 0 spiro atoms. The molecule has 0 aromatic heterocycles. The number of hydrogen-bond acceptors (Lipinski definition) is 7. The molecule has 3 aromatic rings. The van der Waals surface area contributed by atoms with Gasteiger partial charge in [0.15, 0.2) is 11.5 Å². The van der Waals surface area contributed by atoms with Crippen molar-refractivity contribution in [3.8, 4) is 11.5 Å². The van der Waals surface area contributed by atoms with E-state index < -0.39 is 11.1 Å². The van der Waals surface area contributed by atoms with Crippen LogP contribution in [0.15, 0.2) is 65.6 Å². The van der Waals surface area contributed by atoms with E-state index in [1.54, 1.807) is 23.1 Å². The van der Waals surface area contributed by atoms with E-state index in [-0.39, 0.29) is 17.4 Å². The second-order valence-electron chi connectivity index (χ2n) is 8.83. The predicted molar refractivity (Wildman–Crippen MR) is 146 cm³/mol. The molecule has 2 aliphatic rings. The number of morpholine rings is 1. The van der Waals surface area contributed by atoms with Crippen molar-refractivity contribution >= 4 is 45.7 Å². The Kier molecular flexibility index (Phi) is 7.95. The molecule has 0 saturated carbocycles. The van der Waals surface area contributed by atoms with Crippen LogP contribution in [0.1, 0.15) is 18.1 Å². The average molecular weight is 533 g/mol. The van der Waals surface area contributed by atoms with Crippen LogP contribution in [0, 0.1) is 0 Å². The van der Waals surface area contributed by atoms with Crippen LogP contribution in [0.5, 0.6) is 11.5 Å². The van der Waals surface area contributed by atoms with E-state index in [4.69, 9.17) is 14.2 Å². The summed E-state index contributed by atoms with van der Waals surface area (Å²) in [5, 5.41) is 1.82. The van der Waals surface area contributed by atoms with Gasteiger partial charge in [0.05, 0.1) is 24.7 Å². The number of imide groups is 1. The third kappa shape index (κ3) is 5.69. The fourth-order valence-corrected chi connectivity index (χ4v) is 5.25. The Labute approximate surface area is 225 Å². The standard InChI is InChI=1S/C29H28N2O6S/c1-2-36-25-16-20(10-11-24(25)37-19-22-8-5-7-21-6-3-4-9-23(21)22)17-26-28(33)31(29(34)38-26)18-27(32)30-12-14-35-15-13-30/h3-11,16-17H,2,12-15,18-19H2,1H3/b26-17+. The molecule has 0 radical (unpaired) electrons. The molecule has 2 aliphatic heterocycles. The summed E-state index contributed by atoms with van der Waals surface area (Å²) in [5.74, 6) is 0.392. The van der Waals surface area contributed by atoms with E-state index in [1.807, 2.05) is 37.3 Å². The average Bonchev–Trinajstić information content (AvgIpc) is 3.20. The summed E-state index contributed by atoms with van der Waals surface area (Å²) in [6.07, 6.45) is 1.64. The number of ether oxygens (including phenoxy) is 3. The highest BCUT2D eigenvalue weighted by Gasteiger charge is 2.37. The molecule has 3 aromatic carbocycles. The highest BCUT2D eigenvalue weighted by Crippen LogP contribution is 2.35. The maximum atomic E-state index is 12.9. The van der Waals surface area contributed by atoms with Gasteiger partial charge in [-0.05, 0) is 58.8 Å². The number of rotatable bonds is 8. The first-order chi connectivity index (χ1) is 18.5. The predicted octanol–water partition coefficient (Wildman–Crippen LogP) is 4.71. The molecule has 0 atom stereocenters. The number of thioether (sulfide) groups is 1. The molecular weight excluding hydrogens is 504 g/mol. The van der Waals surface area contributed by atoms with E-state index in [9.17, 15) is 14.4 Å². The Morgan fingerprint density at radius 3 is 2.61 bits per heavy atom. The largest absolute Gasteiger partial charge is 0.490 e. The Bertz CT molecular complexity index is 1390. The second kappa shape index (κ2) is 11.7. The molecule has 9 heteroatoms. The van der Waals surface area contributed by atoms with Crippen molar-refractivity contribution in [3.05, 3.63) is 76.7 Å². The lowest BCUT2D eigenvalue weighted by molar-refractivity contribution is -0.139. The summed E-state index contributed by atoms with van der Waals surface area (Å²) in [4.78, 5) is 40.9. The SMILES string of the molecule is CCOc1cc(/C=C2/SC(=O)N(CC(=O)N3CCOCC3)C2=O)ccc1OCc1cccc2ccccc12. The van der Waals surface area contributed by atoms with Gasteiger partial charge in [-0.15, -0.1) is 0 Å². The van der Waals surface area contributed by atoms with Crippen LogP contribution in [0.3, 0.4) is 0 Å². The number of amides is 3. The number of carbonyl (C=O) groups excluding carboxylic acids is 3. The lowest BCUT2D eigenvalue weighted by atomic mass is 10.1. The molecule has 0 N–H and O–H groups in total. The van der Waals surface area contributed by atoms with Crippen molar-refractivity contribution < 1.29 is 28.6 Å². The van der Waals surface area contributed by atoms with Crippen LogP contribution in [-0.4, -0.2) is 66.3 Å². The topological polar surface area (TPSA) is 85.4 Å². The summed E-state index contributed by atoms with van der Waals surface area (Å²) >= 11 is 0.828. The monoisotopic (exact) mass is 532 g/mol. The first kappa shape index (κ1) is 25.8. The lowest BCUT2D eigenvalue weighted by Crippen LogP contribution is -2.46. The van der Waals surface area contributed by atoms with Gasteiger partial charge in [-0.2, -0.15) is 0 Å². The van der Waals surface area contributed by atoms with Crippen molar-refractivity contribution in [1.82, 2.24) is 9.80 Å². The van der Waals surface area contributed by atoms with Gasteiger partial charge in [-0.3, -0.25) is 19.3 Å². The molecule has 0 bridgehead atoms. The van der Waals surface area contributed by atoms with Gasteiger partial charge in [-0.1, -0.05) is 48.5 Å². The molecule has 0 unspecified atom stereocenters. The summed E-state index contributed by atoms with van der Waals surface area (Å²) in [6.45, 7) is 4.25. The number of nitrogens with zero attached hydrogens (tertiary/aromatic N) is 2. The van der Waals surface area contributed by atoms with Gasteiger partial charge in [0, 0.05) is 13.1 Å². The van der Waals surface area contributed by atoms with Gasteiger partial charge < -0.3 is 19.1 Å². The third-order valence-electron chi connectivity index (χ3n) is 6.36. The highest BCUT2D eigenvalue weighted by molar-refractivity contribution is 8.18. The van der Waals surface area contributed by atoms with Gasteiger partial charge >= 0.3 is 0 Å². The Morgan fingerprint density at radius 2 is 1.79 bits per heavy atom. The third-order valence-corrected chi connectivity index (χ3v) is 7.27. The maximum absolute atomic E-state index is 12.9. The number of hydrogen-bond donors (Lipinski definition) is 0. The first-order valence-corrected chi connectivity index (χ1v) is 13.3. The first-order valence-electron chi connectivity index (χ1n) is 12.5. The molecule has 8 nitrogen and oxygen atoms in total. The highest BCUT2D eigenvalue weighted by atomic mass is 32.2. The summed E-state index contributed by atoms with van der Waals surface area (Å²) in [6, 6.07) is 19.7. The fourth-order valence-electron chi connectivity index (χ4n) is 4.41. The maximum Gasteiger partial charge on any atom is 0.294 e. The van der Waals surface area contributed by atoms with Gasteiger partial charge in [-0.25, -0.2) is 0 Å². The smallest absolute Gasteiger partial charge is 0.294 e. The molecule has 0 aliphatic carbocycles. The molecule has 2 saturated heterocycles. The molecule has 2 fully saturated rings. The quantitative estimate of drug-likeness (QED) is 0.389. The lowest BCUT2D eigenvalue weighted by Gasteiger charge is -2.28. The Morgan fingerprint density at radius 1 is 1.00 bits per heavy atom. The van der Waals surface area contributed by atoms with Crippen LogP contribution < -0.4 is 9.47 Å². The van der Waals surface area contributed by atoms with E-state index in [0.717, 1.165) is 33.0 Å².